The number of rotatable bonds is 2. The van der Waals surface area contributed by atoms with Crippen molar-refractivity contribution in [2.75, 3.05) is 0 Å². The van der Waals surface area contributed by atoms with Gasteiger partial charge in [0.05, 0.1) is 0 Å². The number of amides is 1. The van der Waals surface area contributed by atoms with Gasteiger partial charge >= 0.3 is 12.1 Å². The van der Waals surface area contributed by atoms with Crippen molar-refractivity contribution in [2.24, 2.45) is 5.92 Å². The number of alkyl carbamates (subject to hydrolysis) is 1. The summed E-state index contributed by atoms with van der Waals surface area (Å²) in [4.78, 5) is 21.4. The lowest BCUT2D eigenvalue weighted by molar-refractivity contribution is -0.136. The third kappa shape index (κ3) is 1.50. The van der Waals surface area contributed by atoms with Gasteiger partial charge in [0, 0.05) is 0 Å². The van der Waals surface area contributed by atoms with E-state index in [1.807, 2.05) is 13.8 Å². The molecular formula is C7H11NO3. The van der Waals surface area contributed by atoms with E-state index in [0.717, 1.165) is 6.42 Å². The lowest BCUT2D eigenvalue weighted by atomic mass is 10.0. The molecule has 0 aromatic carbocycles. The first-order valence-corrected chi connectivity index (χ1v) is 3.67. The van der Waals surface area contributed by atoms with Crippen LogP contribution in [-0.4, -0.2) is 18.1 Å². The van der Waals surface area contributed by atoms with E-state index < -0.39 is 18.1 Å². The molecule has 0 radical (unpaired) electrons. The van der Waals surface area contributed by atoms with Gasteiger partial charge in [-0.15, -0.1) is 0 Å². The molecule has 0 unspecified atom stereocenters. The molecule has 4 heteroatoms. The number of cyclic esters (lactones) is 2. The van der Waals surface area contributed by atoms with E-state index in [4.69, 9.17) is 0 Å². The van der Waals surface area contributed by atoms with Crippen molar-refractivity contribution in [3.05, 3.63) is 0 Å². The van der Waals surface area contributed by atoms with Gasteiger partial charge in [0.1, 0.15) is 6.04 Å². The van der Waals surface area contributed by atoms with Crippen LogP contribution in [0.5, 0.6) is 0 Å². The van der Waals surface area contributed by atoms with Gasteiger partial charge in [-0.3, -0.25) is 0 Å². The van der Waals surface area contributed by atoms with Gasteiger partial charge in [-0.05, 0) is 5.92 Å². The van der Waals surface area contributed by atoms with Gasteiger partial charge < -0.3 is 10.1 Å². The highest BCUT2D eigenvalue weighted by molar-refractivity contribution is 5.95. The summed E-state index contributed by atoms with van der Waals surface area (Å²) in [7, 11) is 0. The Morgan fingerprint density at radius 2 is 2.27 bits per heavy atom. The molecule has 1 rings (SSSR count). The number of ether oxygens (including phenoxy) is 1. The van der Waals surface area contributed by atoms with Crippen LogP contribution in [0.4, 0.5) is 4.79 Å². The first-order chi connectivity index (χ1) is 5.15. The second-order valence-corrected chi connectivity index (χ2v) is 2.72. The molecule has 1 aliphatic rings. The monoisotopic (exact) mass is 157 g/mol. The van der Waals surface area contributed by atoms with Crippen LogP contribution < -0.4 is 5.32 Å². The Balaban J connectivity index is 2.59. The number of carbonyl (C=O) groups excluding carboxylic acids is 2. The summed E-state index contributed by atoms with van der Waals surface area (Å²) in [6, 6.07) is -0.438. The van der Waals surface area contributed by atoms with Gasteiger partial charge in [-0.2, -0.15) is 0 Å². The SMILES string of the molecule is CC[C@H](C)[C@@H]1NC(=O)OC1=O. The van der Waals surface area contributed by atoms with Gasteiger partial charge in [-0.1, -0.05) is 20.3 Å². The molecule has 2 atom stereocenters. The van der Waals surface area contributed by atoms with E-state index in [-0.39, 0.29) is 5.92 Å². The summed E-state index contributed by atoms with van der Waals surface area (Å²) >= 11 is 0. The Hall–Kier alpha value is -1.06. The molecule has 1 heterocycles. The number of carbonyl (C=O) groups is 2. The van der Waals surface area contributed by atoms with Crippen molar-refractivity contribution in [3.8, 4) is 0 Å². The molecule has 1 fully saturated rings. The zero-order valence-electron chi connectivity index (χ0n) is 6.59. The van der Waals surface area contributed by atoms with Gasteiger partial charge in [0.15, 0.2) is 0 Å². The van der Waals surface area contributed by atoms with Crippen molar-refractivity contribution in [1.29, 1.82) is 0 Å². The number of esters is 1. The maximum Gasteiger partial charge on any atom is 0.415 e. The van der Waals surface area contributed by atoms with Gasteiger partial charge in [-0.25, -0.2) is 9.59 Å². The summed E-state index contributed by atoms with van der Waals surface area (Å²) in [6.07, 6.45) is 0.223. The van der Waals surface area contributed by atoms with Crippen LogP contribution in [0.25, 0.3) is 0 Å². The van der Waals surface area contributed by atoms with Crippen LogP contribution >= 0.6 is 0 Å². The highest BCUT2D eigenvalue weighted by Gasteiger charge is 2.35. The molecule has 0 aromatic rings. The fourth-order valence-electron chi connectivity index (χ4n) is 0.980. The number of hydrogen-bond donors (Lipinski definition) is 1. The summed E-state index contributed by atoms with van der Waals surface area (Å²) in [5.41, 5.74) is 0. The standard InChI is InChI=1S/C7H11NO3/c1-3-4(2)5-6(9)11-7(10)8-5/h4-5H,3H2,1-2H3,(H,8,10)/t4-,5-/m0/s1. The van der Waals surface area contributed by atoms with Crippen LogP contribution in [0.1, 0.15) is 20.3 Å². The van der Waals surface area contributed by atoms with Crippen molar-refractivity contribution >= 4 is 12.1 Å². The lowest BCUT2D eigenvalue weighted by Crippen LogP contribution is -2.34. The normalized spacial score (nSPS) is 26.2. The topological polar surface area (TPSA) is 55.4 Å². The second kappa shape index (κ2) is 2.90. The minimum Gasteiger partial charge on any atom is -0.375 e. The molecule has 0 bridgehead atoms. The lowest BCUT2D eigenvalue weighted by Gasteiger charge is -2.11. The summed E-state index contributed by atoms with van der Waals surface area (Å²) < 4.78 is 4.31. The quantitative estimate of drug-likeness (QED) is 0.473. The van der Waals surface area contributed by atoms with Crippen molar-refractivity contribution in [2.45, 2.75) is 26.3 Å². The van der Waals surface area contributed by atoms with E-state index >= 15 is 0 Å². The Bertz CT molecular complexity index is 190. The fraction of sp³-hybridized carbons (Fsp3) is 0.714. The molecule has 4 nitrogen and oxygen atoms in total. The fourth-order valence-corrected chi connectivity index (χ4v) is 0.980. The predicted octanol–water partition coefficient (Wildman–Crippen LogP) is 0.667. The van der Waals surface area contributed by atoms with Crippen molar-refractivity contribution < 1.29 is 14.3 Å². The molecule has 0 saturated carbocycles. The average molecular weight is 157 g/mol. The molecule has 1 N–H and O–H groups in total. The smallest absolute Gasteiger partial charge is 0.375 e. The highest BCUT2D eigenvalue weighted by Crippen LogP contribution is 2.13. The second-order valence-electron chi connectivity index (χ2n) is 2.72. The first kappa shape index (κ1) is 8.04. The Morgan fingerprint density at radius 1 is 1.64 bits per heavy atom. The minimum atomic E-state index is -0.625. The van der Waals surface area contributed by atoms with E-state index in [1.165, 1.54) is 0 Å². The Labute approximate surface area is 64.9 Å². The van der Waals surface area contributed by atoms with E-state index in [0.29, 0.717) is 0 Å². The zero-order chi connectivity index (χ0) is 8.43. The third-order valence-electron chi connectivity index (χ3n) is 1.93. The molecule has 0 spiro atoms. The van der Waals surface area contributed by atoms with Crippen molar-refractivity contribution in [3.63, 3.8) is 0 Å². The molecule has 11 heavy (non-hydrogen) atoms. The summed E-state index contributed by atoms with van der Waals surface area (Å²) in [5, 5.41) is 2.44. The zero-order valence-corrected chi connectivity index (χ0v) is 6.59. The van der Waals surface area contributed by atoms with Gasteiger partial charge in [0.2, 0.25) is 0 Å². The van der Waals surface area contributed by atoms with Crippen LogP contribution in [0, 0.1) is 5.92 Å². The van der Waals surface area contributed by atoms with Crippen LogP contribution in [0.15, 0.2) is 0 Å². The molecular weight excluding hydrogens is 146 g/mol. The Morgan fingerprint density at radius 3 is 2.64 bits per heavy atom. The summed E-state index contributed by atoms with van der Waals surface area (Å²) in [5.74, 6) is -0.307. The Kier molecular flexibility index (Phi) is 2.12. The highest BCUT2D eigenvalue weighted by atomic mass is 16.6. The molecule has 62 valence electrons. The molecule has 0 aromatic heterocycles. The molecule has 0 aliphatic carbocycles. The van der Waals surface area contributed by atoms with Gasteiger partial charge in [0.25, 0.3) is 0 Å². The summed E-state index contributed by atoms with van der Waals surface area (Å²) in [6.45, 7) is 3.86. The predicted molar refractivity (Wildman–Crippen MR) is 37.9 cm³/mol. The van der Waals surface area contributed by atoms with Crippen LogP contribution in [-0.2, 0) is 9.53 Å². The van der Waals surface area contributed by atoms with E-state index in [1.54, 1.807) is 0 Å². The number of nitrogens with one attached hydrogen (secondary N) is 1. The number of hydrogen-bond acceptors (Lipinski definition) is 3. The average Bonchev–Trinajstić information content (AvgIpc) is 2.28. The maximum atomic E-state index is 10.9. The van der Waals surface area contributed by atoms with Crippen LogP contribution in [0.2, 0.25) is 0 Å². The van der Waals surface area contributed by atoms with Crippen molar-refractivity contribution in [1.82, 2.24) is 5.32 Å². The van der Waals surface area contributed by atoms with E-state index in [9.17, 15) is 9.59 Å². The molecule has 1 aliphatic heterocycles. The third-order valence-corrected chi connectivity index (χ3v) is 1.93. The largest absolute Gasteiger partial charge is 0.415 e. The molecule has 1 saturated heterocycles. The first-order valence-electron chi connectivity index (χ1n) is 3.67. The minimum absolute atomic E-state index is 0.147. The van der Waals surface area contributed by atoms with E-state index in [2.05, 4.69) is 10.1 Å². The molecule has 1 amide bonds. The maximum absolute atomic E-state index is 10.9. The van der Waals surface area contributed by atoms with Crippen LogP contribution in [0.3, 0.4) is 0 Å².